The van der Waals surface area contributed by atoms with Gasteiger partial charge in [0.15, 0.2) is 12.2 Å². The minimum absolute atomic E-state index is 0.883. The van der Waals surface area contributed by atoms with Crippen molar-refractivity contribution in [3.8, 4) is 0 Å². The molecule has 1 heterocycles. The molecule has 12 nitrogen and oxygen atoms in total. The van der Waals surface area contributed by atoms with E-state index in [1.165, 1.54) is 0 Å². The predicted octanol–water partition coefficient (Wildman–Crippen LogP) is -0.0643. The van der Waals surface area contributed by atoms with Gasteiger partial charge in [0.25, 0.3) is 0 Å². The molecule has 0 aromatic heterocycles. The van der Waals surface area contributed by atoms with Crippen molar-refractivity contribution in [2.24, 2.45) is 0 Å². The first-order valence-electron chi connectivity index (χ1n) is 8.35. The lowest BCUT2D eigenvalue weighted by Gasteiger charge is -2.43. The van der Waals surface area contributed by atoms with Gasteiger partial charge in [-0.2, -0.15) is 21.6 Å². The average molecular weight is 480 g/mol. The van der Waals surface area contributed by atoms with Gasteiger partial charge in [-0.1, -0.05) is 0 Å². The number of alkyl halides is 3. The smallest absolute Gasteiger partial charge is 0.456 e. The first-order chi connectivity index (χ1) is 14.0. The molecule has 0 aliphatic carbocycles. The summed E-state index contributed by atoms with van der Waals surface area (Å²) in [6.45, 7) is 2.25. The Balaban J connectivity index is 3.37. The maximum atomic E-state index is 12.6. The van der Waals surface area contributed by atoms with Crippen LogP contribution in [0.15, 0.2) is 0 Å². The summed E-state index contributed by atoms with van der Waals surface area (Å²) in [5, 5.41) is 0. The van der Waals surface area contributed by atoms with Crippen molar-refractivity contribution in [2.45, 2.75) is 63.9 Å². The molecule has 0 aromatic rings. The van der Waals surface area contributed by atoms with Crippen LogP contribution < -0.4 is 0 Å². The van der Waals surface area contributed by atoms with Gasteiger partial charge < -0.3 is 23.7 Å². The third kappa shape index (κ3) is 7.62. The minimum Gasteiger partial charge on any atom is -0.456 e. The second-order valence-electron chi connectivity index (χ2n) is 6.06. The van der Waals surface area contributed by atoms with Gasteiger partial charge in [0.1, 0.15) is 6.10 Å². The summed E-state index contributed by atoms with van der Waals surface area (Å²) in [6.07, 6.45) is -9.02. The van der Waals surface area contributed by atoms with Gasteiger partial charge in [0.05, 0.1) is 6.61 Å². The van der Waals surface area contributed by atoms with E-state index >= 15 is 0 Å². The molecule has 16 heteroatoms. The van der Waals surface area contributed by atoms with Crippen molar-refractivity contribution in [2.75, 3.05) is 6.61 Å². The van der Waals surface area contributed by atoms with E-state index < -0.39 is 76.8 Å². The highest BCUT2D eigenvalue weighted by Gasteiger charge is 2.55. The lowest BCUT2D eigenvalue weighted by atomic mass is 9.98. The minimum atomic E-state index is -6.08. The maximum Gasteiger partial charge on any atom is 0.523 e. The molecule has 178 valence electrons. The molecule has 1 rings (SSSR count). The summed E-state index contributed by atoms with van der Waals surface area (Å²) in [7, 11) is -6.08. The van der Waals surface area contributed by atoms with Gasteiger partial charge in [-0.25, -0.2) is 0 Å². The van der Waals surface area contributed by atoms with E-state index in [1.807, 2.05) is 0 Å². The molecule has 0 spiro atoms. The fourth-order valence-electron chi connectivity index (χ4n) is 2.47. The van der Waals surface area contributed by atoms with Crippen LogP contribution in [0.2, 0.25) is 0 Å². The molecule has 1 fully saturated rings. The van der Waals surface area contributed by atoms with Crippen LogP contribution in [-0.4, -0.2) is 75.1 Å². The van der Waals surface area contributed by atoms with Crippen LogP contribution in [0.5, 0.6) is 0 Å². The zero-order chi connectivity index (χ0) is 24.1. The van der Waals surface area contributed by atoms with Crippen molar-refractivity contribution in [1.82, 2.24) is 0 Å². The van der Waals surface area contributed by atoms with Crippen LogP contribution in [0.25, 0.3) is 0 Å². The topological polar surface area (TPSA) is 158 Å². The monoisotopic (exact) mass is 480 g/mol. The van der Waals surface area contributed by atoms with E-state index in [0.29, 0.717) is 0 Å². The Hall–Kier alpha value is -2.46. The normalized spacial score (nSPS) is 26.5. The third-order valence-corrected chi connectivity index (χ3v) is 4.46. The van der Waals surface area contributed by atoms with E-state index in [1.54, 1.807) is 0 Å². The van der Waals surface area contributed by atoms with E-state index in [9.17, 15) is 40.8 Å². The van der Waals surface area contributed by atoms with E-state index in [0.717, 1.165) is 27.7 Å². The Morgan fingerprint density at radius 1 is 0.774 bits per heavy atom. The van der Waals surface area contributed by atoms with Gasteiger partial charge in [-0.15, -0.1) is 0 Å². The quantitative estimate of drug-likeness (QED) is 0.207. The molecule has 0 bridgehead atoms. The zero-order valence-corrected chi connectivity index (χ0v) is 17.4. The van der Waals surface area contributed by atoms with Gasteiger partial charge in [0, 0.05) is 27.7 Å². The molecule has 0 radical (unpaired) electrons. The number of ether oxygens (including phenoxy) is 5. The van der Waals surface area contributed by atoms with Crippen molar-refractivity contribution in [3.63, 3.8) is 0 Å². The molecular formula is C15H19F3O12S. The molecule has 1 saturated heterocycles. The highest BCUT2D eigenvalue weighted by molar-refractivity contribution is 7.87. The standard InChI is InChI=1S/C15H19F3O12S/c1-6(19)26-11-10(5-25-31(23,24)15(16,17)18)30-14(29-9(4)22)13(28-8(3)21)12(11)27-7(2)20/h10-14H,5H2,1-4H3/t10-,11-,12-,13-,14-/m1/s1. The third-order valence-electron chi connectivity index (χ3n) is 3.45. The van der Waals surface area contributed by atoms with Crippen LogP contribution in [0.1, 0.15) is 27.7 Å². The van der Waals surface area contributed by atoms with Crippen molar-refractivity contribution in [3.05, 3.63) is 0 Å². The maximum absolute atomic E-state index is 12.6. The van der Waals surface area contributed by atoms with E-state index in [-0.39, 0.29) is 0 Å². The van der Waals surface area contributed by atoms with Crippen LogP contribution >= 0.6 is 0 Å². The number of hydrogen-bond donors (Lipinski definition) is 0. The zero-order valence-electron chi connectivity index (χ0n) is 16.5. The van der Waals surface area contributed by atoms with Crippen molar-refractivity contribution in [1.29, 1.82) is 0 Å². The summed E-state index contributed by atoms with van der Waals surface area (Å²) in [5.41, 5.74) is -5.77. The Labute approximate surface area is 174 Å². The lowest BCUT2D eigenvalue weighted by molar-refractivity contribution is -0.298. The van der Waals surface area contributed by atoms with Crippen LogP contribution in [0.4, 0.5) is 13.2 Å². The molecule has 0 N–H and O–H groups in total. The van der Waals surface area contributed by atoms with Crippen LogP contribution in [0.3, 0.4) is 0 Å². The molecule has 0 aromatic carbocycles. The molecule has 0 unspecified atom stereocenters. The highest BCUT2D eigenvalue weighted by Crippen LogP contribution is 2.31. The van der Waals surface area contributed by atoms with Gasteiger partial charge >= 0.3 is 39.5 Å². The summed E-state index contributed by atoms with van der Waals surface area (Å²) in [4.78, 5) is 45.9. The number of carbonyl (C=O) groups is 4. The fraction of sp³-hybridized carbons (Fsp3) is 0.733. The van der Waals surface area contributed by atoms with Crippen molar-refractivity contribution < 1.29 is 68.6 Å². The second kappa shape index (κ2) is 10.2. The molecule has 5 atom stereocenters. The number of carbonyl (C=O) groups excluding carboxylic acids is 4. The summed E-state index contributed by atoms with van der Waals surface area (Å²) in [6, 6.07) is 0. The lowest BCUT2D eigenvalue weighted by Crippen LogP contribution is -2.63. The summed E-state index contributed by atoms with van der Waals surface area (Å²) >= 11 is 0. The van der Waals surface area contributed by atoms with E-state index in [2.05, 4.69) is 4.18 Å². The van der Waals surface area contributed by atoms with Crippen molar-refractivity contribution >= 4 is 34.0 Å². The predicted molar refractivity (Wildman–Crippen MR) is 88.0 cm³/mol. The molecule has 31 heavy (non-hydrogen) atoms. The molecule has 1 aliphatic rings. The molecule has 0 amide bonds. The molecular weight excluding hydrogens is 461 g/mol. The first kappa shape index (κ1) is 26.6. The number of esters is 4. The Bertz CT molecular complexity index is 809. The number of hydrogen-bond acceptors (Lipinski definition) is 12. The average Bonchev–Trinajstić information content (AvgIpc) is 2.56. The van der Waals surface area contributed by atoms with Gasteiger partial charge in [-0.05, 0) is 0 Å². The number of halogens is 3. The molecule has 1 aliphatic heterocycles. The second-order valence-corrected chi connectivity index (χ2v) is 7.67. The summed E-state index contributed by atoms with van der Waals surface area (Å²) in [5.74, 6) is -4.02. The first-order valence-corrected chi connectivity index (χ1v) is 9.76. The molecule has 0 saturated carbocycles. The Morgan fingerprint density at radius 3 is 1.61 bits per heavy atom. The van der Waals surface area contributed by atoms with E-state index in [4.69, 9.17) is 23.7 Å². The van der Waals surface area contributed by atoms with Crippen LogP contribution in [0, 0.1) is 0 Å². The summed E-state index contributed by atoms with van der Waals surface area (Å²) < 4.78 is 88.8. The van der Waals surface area contributed by atoms with Gasteiger partial charge in [0.2, 0.25) is 12.4 Å². The van der Waals surface area contributed by atoms with Crippen LogP contribution in [-0.2, 0) is 57.2 Å². The largest absolute Gasteiger partial charge is 0.523 e. The Morgan fingerprint density at radius 2 is 1.19 bits per heavy atom. The fourth-order valence-corrected chi connectivity index (χ4v) is 2.92. The number of rotatable bonds is 7. The highest BCUT2D eigenvalue weighted by atomic mass is 32.2. The van der Waals surface area contributed by atoms with Gasteiger partial charge in [-0.3, -0.25) is 23.4 Å². The SMILES string of the molecule is CC(=O)O[C@@H]1O[C@H](COS(=O)(=O)C(F)(F)F)[C@@H](OC(C)=O)[C@@H](OC(C)=O)[C@H]1OC(C)=O. The Kier molecular flexibility index (Phi) is 8.77.